The molecule has 0 aromatic carbocycles. The van der Waals surface area contributed by atoms with Crippen LogP contribution >= 0.6 is 0 Å². The minimum Gasteiger partial charge on any atom is -0.340 e. The van der Waals surface area contributed by atoms with Crippen LogP contribution in [0.25, 0.3) is 22.3 Å². The molecular weight excluding hydrogens is 312 g/mol. The fraction of sp³-hybridized carbons (Fsp3) is 0.286. The lowest BCUT2D eigenvalue weighted by Crippen LogP contribution is -2.28. The van der Waals surface area contributed by atoms with E-state index in [4.69, 9.17) is 0 Å². The zero-order valence-electron chi connectivity index (χ0n) is 13.7. The topological polar surface area (TPSA) is 127 Å². The summed E-state index contributed by atoms with van der Waals surface area (Å²) in [6.45, 7) is 3.75. The maximum atomic E-state index is 11.3. The molecule has 4 rings (SSSR count). The average Bonchev–Trinajstić information content (AvgIpc) is 3.07. The Labute approximate surface area is 135 Å². The number of aryl methyl sites for hydroxylation is 4. The molecule has 0 spiro atoms. The summed E-state index contributed by atoms with van der Waals surface area (Å²) in [5.74, 6) is 1.63. The monoisotopic (exact) mass is 328 g/mol. The molecule has 0 aliphatic heterocycles. The first-order chi connectivity index (χ1) is 11.4. The summed E-state index contributed by atoms with van der Waals surface area (Å²) in [6.07, 6.45) is 3.25. The van der Waals surface area contributed by atoms with Crippen molar-refractivity contribution in [3.05, 3.63) is 45.0 Å². The molecule has 0 fully saturated rings. The SMILES string of the molecule is Cc1ncc2[nH]c(C)nc2n1.Cn1cnc2c1c(=O)[nH]c(=O)n2C. The Balaban J connectivity index is 0.000000143. The van der Waals surface area contributed by atoms with Crippen molar-refractivity contribution >= 4 is 22.3 Å². The average molecular weight is 328 g/mol. The molecule has 0 saturated heterocycles. The van der Waals surface area contributed by atoms with Crippen LogP contribution in [0.15, 0.2) is 22.1 Å². The number of aromatic amines is 2. The minimum absolute atomic E-state index is 0.399. The molecule has 0 radical (unpaired) electrons. The van der Waals surface area contributed by atoms with Gasteiger partial charge in [-0.15, -0.1) is 0 Å². The van der Waals surface area contributed by atoms with Crippen molar-refractivity contribution in [2.24, 2.45) is 14.1 Å². The third kappa shape index (κ3) is 2.69. The summed E-state index contributed by atoms with van der Waals surface area (Å²) in [6, 6.07) is 0. The van der Waals surface area contributed by atoms with E-state index in [9.17, 15) is 9.59 Å². The molecule has 4 heterocycles. The lowest BCUT2D eigenvalue weighted by atomic mass is 10.5. The number of hydrogen-bond acceptors (Lipinski definition) is 6. The molecule has 0 amide bonds. The van der Waals surface area contributed by atoms with Crippen LogP contribution in [-0.4, -0.2) is 39.0 Å². The summed E-state index contributed by atoms with van der Waals surface area (Å²) in [4.78, 5) is 44.0. The van der Waals surface area contributed by atoms with E-state index < -0.39 is 11.2 Å². The van der Waals surface area contributed by atoms with Crippen LogP contribution in [0.1, 0.15) is 11.6 Å². The van der Waals surface area contributed by atoms with Crippen molar-refractivity contribution in [3.8, 4) is 0 Å². The summed E-state index contributed by atoms with van der Waals surface area (Å²) < 4.78 is 2.88. The standard InChI is InChI=1S/C7H8N4O2.C7H8N4/c1-10-3-8-5-4(10)6(12)9-7(13)11(5)2;1-4-8-3-6-7(10-4)11-5(2)9-6/h3H,1-2H3,(H,9,12,13);3H,1-2H3,(H,8,9,10,11). The predicted octanol–water partition coefficient (Wildman–Crippen LogP) is -0.0700. The second-order valence-corrected chi connectivity index (χ2v) is 5.32. The first-order valence-corrected chi connectivity index (χ1v) is 7.13. The number of aromatic nitrogens is 8. The summed E-state index contributed by atoms with van der Waals surface area (Å²) >= 11 is 0. The van der Waals surface area contributed by atoms with Gasteiger partial charge in [0.15, 0.2) is 16.8 Å². The van der Waals surface area contributed by atoms with Gasteiger partial charge in [0, 0.05) is 14.1 Å². The van der Waals surface area contributed by atoms with Gasteiger partial charge in [0.05, 0.1) is 12.5 Å². The maximum absolute atomic E-state index is 11.3. The van der Waals surface area contributed by atoms with Crippen LogP contribution in [0.2, 0.25) is 0 Å². The van der Waals surface area contributed by atoms with E-state index in [1.54, 1.807) is 24.9 Å². The molecule has 0 bridgehead atoms. The molecule has 124 valence electrons. The Morgan fingerprint density at radius 2 is 1.79 bits per heavy atom. The van der Waals surface area contributed by atoms with Gasteiger partial charge >= 0.3 is 5.69 Å². The van der Waals surface area contributed by atoms with E-state index in [1.165, 1.54) is 10.9 Å². The number of nitrogens with zero attached hydrogens (tertiary/aromatic N) is 6. The number of fused-ring (bicyclic) bond motifs is 2. The first-order valence-electron chi connectivity index (χ1n) is 7.13. The molecule has 10 nitrogen and oxygen atoms in total. The van der Waals surface area contributed by atoms with E-state index in [-0.39, 0.29) is 0 Å². The molecule has 0 saturated carbocycles. The Kier molecular flexibility index (Phi) is 3.72. The molecule has 0 unspecified atom stereocenters. The van der Waals surface area contributed by atoms with E-state index in [1.807, 2.05) is 13.8 Å². The maximum Gasteiger partial charge on any atom is 0.329 e. The summed E-state index contributed by atoms with van der Waals surface area (Å²) in [5.41, 5.74) is 1.59. The molecule has 0 aliphatic carbocycles. The molecule has 2 N–H and O–H groups in total. The quantitative estimate of drug-likeness (QED) is 0.465. The number of imidazole rings is 2. The first kappa shape index (κ1) is 15.6. The molecule has 4 aromatic rings. The van der Waals surface area contributed by atoms with Crippen LogP contribution in [0.5, 0.6) is 0 Å². The number of nitrogens with one attached hydrogen (secondary N) is 2. The van der Waals surface area contributed by atoms with Gasteiger partial charge in [-0.3, -0.25) is 14.3 Å². The van der Waals surface area contributed by atoms with Gasteiger partial charge in [0.2, 0.25) is 0 Å². The van der Waals surface area contributed by atoms with Crippen molar-refractivity contribution < 1.29 is 0 Å². The molecule has 4 aromatic heterocycles. The van der Waals surface area contributed by atoms with E-state index in [0.717, 1.165) is 22.8 Å². The second-order valence-electron chi connectivity index (χ2n) is 5.32. The van der Waals surface area contributed by atoms with E-state index >= 15 is 0 Å². The molecule has 0 aliphatic rings. The van der Waals surface area contributed by atoms with Crippen LogP contribution in [0.4, 0.5) is 0 Å². The lowest BCUT2D eigenvalue weighted by Gasteiger charge is -1.97. The predicted molar refractivity (Wildman–Crippen MR) is 87.7 cm³/mol. The van der Waals surface area contributed by atoms with Crippen molar-refractivity contribution in [1.29, 1.82) is 0 Å². The van der Waals surface area contributed by atoms with Crippen LogP contribution in [-0.2, 0) is 14.1 Å². The third-order valence-corrected chi connectivity index (χ3v) is 3.45. The zero-order chi connectivity index (χ0) is 17.4. The van der Waals surface area contributed by atoms with Crippen molar-refractivity contribution in [1.82, 2.24) is 39.0 Å². The second kappa shape index (κ2) is 5.72. The van der Waals surface area contributed by atoms with Crippen LogP contribution in [0, 0.1) is 13.8 Å². The Bertz CT molecular complexity index is 1150. The third-order valence-electron chi connectivity index (χ3n) is 3.45. The van der Waals surface area contributed by atoms with E-state index in [2.05, 4.69) is 29.9 Å². The summed E-state index contributed by atoms with van der Waals surface area (Å²) in [5, 5.41) is 0. The van der Waals surface area contributed by atoms with Gasteiger partial charge < -0.3 is 9.55 Å². The highest BCUT2D eigenvalue weighted by atomic mass is 16.2. The molecular formula is C14H16N8O2. The van der Waals surface area contributed by atoms with E-state index in [0.29, 0.717) is 11.2 Å². The number of H-pyrrole nitrogens is 2. The van der Waals surface area contributed by atoms with Crippen molar-refractivity contribution in [3.63, 3.8) is 0 Å². The molecule has 0 atom stereocenters. The van der Waals surface area contributed by atoms with Gasteiger partial charge in [0.25, 0.3) is 5.56 Å². The fourth-order valence-electron chi connectivity index (χ4n) is 2.27. The van der Waals surface area contributed by atoms with Gasteiger partial charge in [-0.05, 0) is 13.8 Å². The van der Waals surface area contributed by atoms with Gasteiger partial charge in [-0.1, -0.05) is 0 Å². The Hall–Kier alpha value is -3.30. The highest BCUT2D eigenvalue weighted by Gasteiger charge is 2.08. The Morgan fingerprint density at radius 3 is 2.54 bits per heavy atom. The fourth-order valence-corrected chi connectivity index (χ4v) is 2.27. The van der Waals surface area contributed by atoms with Crippen LogP contribution < -0.4 is 11.2 Å². The van der Waals surface area contributed by atoms with Gasteiger partial charge in [-0.2, -0.15) is 0 Å². The van der Waals surface area contributed by atoms with Crippen LogP contribution in [0.3, 0.4) is 0 Å². The summed E-state index contributed by atoms with van der Waals surface area (Å²) in [7, 11) is 3.27. The minimum atomic E-state index is -0.448. The van der Waals surface area contributed by atoms with Crippen molar-refractivity contribution in [2.75, 3.05) is 0 Å². The largest absolute Gasteiger partial charge is 0.340 e. The highest BCUT2D eigenvalue weighted by Crippen LogP contribution is 2.05. The highest BCUT2D eigenvalue weighted by molar-refractivity contribution is 5.69. The normalized spacial score (nSPS) is 10.8. The lowest BCUT2D eigenvalue weighted by molar-refractivity contribution is 0.829. The number of hydrogen-bond donors (Lipinski definition) is 2. The van der Waals surface area contributed by atoms with Gasteiger partial charge in [0.1, 0.15) is 17.2 Å². The molecule has 10 heteroatoms. The Morgan fingerprint density at radius 1 is 1.04 bits per heavy atom. The molecule has 24 heavy (non-hydrogen) atoms. The van der Waals surface area contributed by atoms with Gasteiger partial charge in [-0.25, -0.2) is 24.7 Å². The smallest absolute Gasteiger partial charge is 0.329 e. The number of rotatable bonds is 0. The zero-order valence-corrected chi connectivity index (χ0v) is 13.7. The van der Waals surface area contributed by atoms with Crippen molar-refractivity contribution in [2.45, 2.75) is 13.8 Å².